The van der Waals surface area contributed by atoms with Gasteiger partial charge in [-0.1, -0.05) is 18.9 Å². The highest BCUT2D eigenvalue weighted by Crippen LogP contribution is 2.34. The lowest BCUT2D eigenvalue weighted by Gasteiger charge is -2.35. The second kappa shape index (κ2) is 11.8. The molecule has 1 atom stereocenters. The zero-order chi connectivity index (χ0) is 27.4. The predicted molar refractivity (Wildman–Crippen MR) is 146 cm³/mol. The highest BCUT2D eigenvalue weighted by atomic mass is 16.5. The van der Waals surface area contributed by atoms with Gasteiger partial charge in [-0.2, -0.15) is 0 Å². The van der Waals surface area contributed by atoms with Crippen molar-refractivity contribution in [1.82, 2.24) is 30.2 Å². The maximum atomic E-state index is 12.9. The Labute approximate surface area is 227 Å². The Kier molecular flexibility index (Phi) is 8.02. The zero-order valence-electron chi connectivity index (χ0n) is 22.6. The van der Waals surface area contributed by atoms with E-state index in [1.807, 2.05) is 38.2 Å². The fourth-order valence-corrected chi connectivity index (χ4v) is 4.99. The average Bonchev–Trinajstić information content (AvgIpc) is 3.62. The minimum atomic E-state index is -0.268. The standard InChI is InChI=1S/C29H34N6O4/c1-18-9-10-19-13-21(26(38-3)14-23(19)32-18)24-15-31-27(33-24)22(34-28(37)20-16-35(2)17-20)7-5-4-6-8-25(36)29-30-11-12-39-29/h9-15,20,22H,4-8,16-17H2,1-3H3,(H,31,33)(H,34,37)/t22-/m0/s1. The molecule has 0 aliphatic carbocycles. The van der Waals surface area contributed by atoms with E-state index in [0.29, 0.717) is 24.4 Å². The molecular formula is C29H34N6O4. The van der Waals surface area contributed by atoms with E-state index in [0.717, 1.165) is 60.2 Å². The molecule has 1 amide bonds. The number of pyridine rings is 1. The van der Waals surface area contributed by atoms with Crippen LogP contribution in [0, 0.1) is 12.8 Å². The van der Waals surface area contributed by atoms with E-state index in [-0.39, 0.29) is 29.5 Å². The molecule has 39 heavy (non-hydrogen) atoms. The van der Waals surface area contributed by atoms with Gasteiger partial charge in [-0.15, -0.1) is 0 Å². The largest absolute Gasteiger partial charge is 0.496 e. The molecule has 1 aliphatic heterocycles. The van der Waals surface area contributed by atoms with Gasteiger partial charge in [0.25, 0.3) is 5.89 Å². The maximum Gasteiger partial charge on any atom is 0.263 e. The number of carbonyl (C=O) groups is 2. The fraction of sp³-hybridized carbons (Fsp3) is 0.414. The first-order valence-corrected chi connectivity index (χ1v) is 13.3. The van der Waals surface area contributed by atoms with Crippen molar-refractivity contribution in [2.45, 2.75) is 45.1 Å². The number of aryl methyl sites for hydroxylation is 1. The number of imidazole rings is 1. The Bertz CT molecular complexity index is 1440. The molecule has 10 nitrogen and oxygen atoms in total. The Morgan fingerprint density at radius 2 is 2.05 bits per heavy atom. The smallest absolute Gasteiger partial charge is 0.263 e. The monoisotopic (exact) mass is 530 g/mol. The minimum absolute atomic E-state index is 0.0121. The number of rotatable bonds is 12. The van der Waals surface area contributed by atoms with Gasteiger partial charge < -0.3 is 24.4 Å². The lowest BCUT2D eigenvalue weighted by Crippen LogP contribution is -2.52. The number of benzene rings is 1. The molecule has 1 fully saturated rings. The fourth-order valence-electron chi connectivity index (χ4n) is 4.99. The van der Waals surface area contributed by atoms with Gasteiger partial charge in [-0.25, -0.2) is 9.97 Å². The summed E-state index contributed by atoms with van der Waals surface area (Å²) < 4.78 is 10.8. The number of carbonyl (C=O) groups excluding carboxylic acids is 2. The van der Waals surface area contributed by atoms with E-state index in [1.54, 1.807) is 13.3 Å². The topological polar surface area (TPSA) is 126 Å². The first-order chi connectivity index (χ1) is 18.9. The van der Waals surface area contributed by atoms with Crippen LogP contribution in [0.5, 0.6) is 5.75 Å². The Morgan fingerprint density at radius 1 is 1.21 bits per heavy atom. The van der Waals surface area contributed by atoms with Crippen molar-refractivity contribution in [1.29, 1.82) is 0 Å². The van der Waals surface area contributed by atoms with Gasteiger partial charge in [0, 0.05) is 42.2 Å². The summed E-state index contributed by atoms with van der Waals surface area (Å²) in [4.78, 5) is 43.9. The molecule has 1 aliphatic rings. The number of methoxy groups -OCH3 is 1. The zero-order valence-corrected chi connectivity index (χ0v) is 22.6. The van der Waals surface area contributed by atoms with Crippen LogP contribution < -0.4 is 10.1 Å². The van der Waals surface area contributed by atoms with Crippen molar-refractivity contribution in [2.24, 2.45) is 5.92 Å². The number of oxazole rings is 1. The molecule has 4 aromatic rings. The van der Waals surface area contributed by atoms with E-state index in [9.17, 15) is 9.59 Å². The highest BCUT2D eigenvalue weighted by Gasteiger charge is 2.32. The third kappa shape index (κ3) is 6.17. The molecule has 204 valence electrons. The van der Waals surface area contributed by atoms with Gasteiger partial charge in [-0.3, -0.25) is 14.6 Å². The van der Waals surface area contributed by atoms with Gasteiger partial charge in [0.15, 0.2) is 0 Å². The average molecular weight is 531 g/mol. The van der Waals surface area contributed by atoms with Crippen molar-refractivity contribution in [3.63, 3.8) is 0 Å². The number of hydrogen-bond acceptors (Lipinski definition) is 8. The number of likely N-dealkylation sites (tertiary alicyclic amines) is 1. The summed E-state index contributed by atoms with van der Waals surface area (Å²) in [5, 5.41) is 4.22. The van der Waals surface area contributed by atoms with Gasteiger partial charge in [0.2, 0.25) is 11.7 Å². The van der Waals surface area contributed by atoms with Crippen LogP contribution in [0.4, 0.5) is 0 Å². The highest BCUT2D eigenvalue weighted by molar-refractivity contribution is 5.91. The van der Waals surface area contributed by atoms with E-state index in [1.165, 1.54) is 12.5 Å². The van der Waals surface area contributed by atoms with Crippen molar-refractivity contribution < 1.29 is 18.7 Å². The number of hydrogen-bond donors (Lipinski definition) is 2. The number of fused-ring (bicyclic) bond motifs is 1. The molecule has 0 radical (unpaired) electrons. The number of amides is 1. The molecular weight excluding hydrogens is 496 g/mol. The molecule has 4 heterocycles. The van der Waals surface area contributed by atoms with Gasteiger partial charge >= 0.3 is 0 Å². The molecule has 0 unspecified atom stereocenters. The summed E-state index contributed by atoms with van der Waals surface area (Å²) in [7, 11) is 3.65. The number of aromatic nitrogens is 4. The van der Waals surface area contributed by atoms with Crippen LogP contribution in [0.2, 0.25) is 0 Å². The number of ketones is 1. The van der Waals surface area contributed by atoms with Crippen LogP contribution in [-0.4, -0.2) is 63.8 Å². The Balaban J connectivity index is 1.29. The minimum Gasteiger partial charge on any atom is -0.496 e. The summed E-state index contributed by atoms with van der Waals surface area (Å²) in [6, 6.07) is 7.74. The number of Topliss-reactive ketones (excluding diaryl/α,β-unsaturated/α-hetero) is 1. The molecule has 10 heteroatoms. The first kappa shape index (κ1) is 26.6. The summed E-state index contributed by atoms with van der Waals surface area (Å²) in [6.07, 6.45) is 8.14. The third-order valence-corrected chi connectivity index (χ3v) is 7.18. The van der Waals surface area contributed by atoms with Crippen LogP contribution in [0.1, 0.15) is 60.3 Å². The van der Waals surface area contributed by atoms with Gasteiger partial charge in [0.1, 0.15) is 17.8 Å². The van der Waals surface area contributed by atoms with E-state index >= 15 is 0 Å². The van der Waals surface area contributed by atoms with E-state index in [2.05, 4.69) is 30.2 Å². The number of nitrogens with one attached hydrogen (secondary N) is 2. The summed E-state index contributed by atoms with van der Waals surface area (Å²) in [5.41, 5.74) is 3.50. The van der Waals surface area contributed by atoms with Crippen molar-refractivity contribution >= 4 is 22.6 Å². The summed E-state index contributed by atoms with van der Waals surface area (Å²) in [6.45, 7) is 3.48. The lowest BCUT2D eigenvalue weighted by atomic mass is 9.98. The first-order valence-electron chi connectivity index (χ1n) is 13.3. The lowest BCUT2D eigenvalue weighted by molar-refractivity contribution is -0.130. The van der Waals surface area contributed by atoms with Crippen molar-refractivity contribution in [2.75, 3.05) is 27.2 Å². The van der Waals surface area contributed by atoms with Crippen LogP contribution in [0.3, 0.4) is 0 Å². The number of nitrogens with zero attached hydrogens (tertiary/aromatic N) is 4. The van der Waals surface area contributed by atoms with Crippen LogP contribution in [0.25, 0.3) is 22.2 Å². The normalized spacial score (nSPS) is 14.7. The SMILES string of the molecule is COc1cc2nc(C)ccc2cc1-c1cnc([C@H](CCCCCC(=O)c2ncco2)NC(=O)C2CN(C)C2)[nH]1. The molecule has 0 spiro atoms. The summed E-state index contributed by atoms with van der Waals surface area (Å²) >= 11 is 0. The van der Waals surface area contributed by atoms with Crippen LogP contribution in [-0.2, 0) is 4.79 Å². The summed E-state index contributed by atoms with van der Waals surface area (Å²) in [5.74, 6) is 1.49. The van der Waals surface area contributed by atoms with E-state index < -0.39 is 0 Å². The maximum absolute atomic E-state index is 12.9. The number of aromatic amines is 1. The molecule has 0 bridgehead atoms. The predicted octanol–water partition coefficient (Wildman–Crippen LogP) is 4.48. The molecule has 0 saturated carbocycles. The van der Waals surface area contributed by atoms with Crippen LogP contribution in [0.15, 0.2) is 47.3 Å². The number of ether oxygens (including phenoxy) is 1. The number of H-pyrrole nitrogens is 1. The van der Waals surface area contributed by atoms with Crippen LogP contribution >= 0.6 is 0 Å². The Morgan fingerprint density at radius 3 is 2.79 bits per heavy atom. The molecule has 1 aromatic carbocycles. The quantitative estimate of drug-likeness (QED) is 0.203. The van der Waals surface area contributed by atoms with Gasteiger partial charge in [-0.05, 0) is 38.9 Å². The Hall–Kier alpha value is -4.05. The molecule has 5 rings (SSSR count). The third-order valence-electron chi connectivity index (χ3n) is 7.18. The second-order valence-electron chi connectivity index (χ2n) is 10.2. The van der Waals surface area contributed by atoms with Gasteiger partial charge in [0.05, 0.1) is 42.7 Å². The van der Waals surface area contributed by atoms with Crippen molar-refractivity contribution in [3.05, 3.63) is 60.3 Å². The second-order valence-corrected chi connectivity index (χ2v) is 10.2. The molecule has 3 aromatic heterocycles. The van der Waals surface area contributed by atoms with E-state index in [4.69, 9.17) is 9.15 Å². The molecule has 1 saturated heterocycles. The van der Waals surface area contributed by atoms with Crippen molar-refractivity contribution in [3.8, 4) is 17.0 Å². The molecule has 2 N–H and O–H groups in total. The number of unbranched alkanes of at least 4 members (excludes halogenated alkanes) is 2.